The molecule has 1 fully saturated rings. The van der Waals surface area contributed by atoms with Gasteiger partial charge in [0.25, 0.3) is 0 Å². The minimum Gasteiger partial charge on any atom is -0.506 e. The molecular weight excluding hydrogens is 230 g/mol. The number of rotatable bonds is 4. The lowest BCUT2D eigenvalue weighted by Crippen LogP contribution is -2.21. The van der Waals surface area contributed by atoms with E-state index in [0.717, 1.165) is 18.4 Å². The van der Waals surface area contributed by atoms with E-state index in [0.29, 0.717) is 5.69 Å². The summed E-state index contributed by atoms with van der Waals surface area (Å²) < 4.78 is 5.51. The number of phenolic OH excluding ortho intramolecular Hbond substituents is 1. The number of hydrogen-bond donors (Lipinski definition) is 2. The number of anilines is 1. The predicted octanol–water partition coefficient (Wildman–Crippen LogP) is 2.60. The molecule has 0 aromatic heterocycles. The van der Waals surface area contributed by atoms with Crippen LogP contribution < -0.4 is 5.32 Å². The molecule has 4 heteroatoms. The number of amides is 1. The van der Waals surface area contributed by atoms with Crippen molar-refractivity contribution in [3.05, 3.63) is 23.8 Å². The molecule has 1 amide bonds. The fourth-order valence-corrected chi connectivity index (χ4v) is 2.18. The SMILES string of the molecule is Cc1ccc(O)c(NC(=O)COC2CCCC2)c1. The minimum atomic E-state index is -0.220. The van der Waals surface area contributed by atoms with Crippen molar-refractivity contribution in [2.75, 3.05) is 11.9 Å². The van der Waals surface area contributed by atoms with Gasteiger partial charge < -0.3 is 15.2 Å². The molecule has 1 aromatic rings. The number of ether oxygens (including phenoxy) is 1. The largest absolute Gasteiger partial charge is 0.506 e. The van der Waals surface area contributed by atoms with Crippen LogP contribution in [0.15, 0.2) is 18.2 Å². The highest BCUT2D eigenvalue weighted by molar-refractivity contribution is 5.93. The highest BCUT2D eigenvalue weighted by Crippen LogP contribution is 2.24. The molecule has 0 radical (unpaired) electrons. The van der Waals surface area contributed by atoms with E-state index in [1.807, 2.05) is 6.92 Å². The summed E-state index contributed by atoms with van der Waals surface area (Å²) in [7, 11) is 0. The van der Waals surface area contributed by atoms with Crippen molar-refractivity contribution in [3.8, 4) is 5.75 Å². The van der Waals surface area contributed by atoms with Gasteiger partial charge in [-0.2, -0.15) is 0 Å². The molecule has 0 saturated heterocycles. The molecule has 4 nitrogen and oxygen atoms in total. The van der Waals surface area contributed by atoms with E-state index in [4.69, 9.17) is 4.74 Å². The Balaban J connectivity index is 1.84. The summed E-state index contributed by atoms with van der Waals surface area (Å²) in [4.78, 5) is 11.7. The predicted molar refractivity (Wildman–Crippen MR) is 69.7 cm³/mol. The molecule has 0 heterocycles. The highest BCUT2D eigenvalue weighted by atomic mass is 16.5. The van der Waals surface area contributed by atoms with Crippen molar-refractivity contribution in [2.45, 2.75) is 38.7 Å². The molecule has 2 N–H and O–H groups in total. The van der Waals surface area contributed by atoms with Crippen LogP contribution in [0.3, 0.4) is 0 Å². The lowest BCUT2D eigenvalue weighted by Gasteiger charge is -2.12. The molecule has 0 unspecified atom stereocenters. The van der Waals surface area contributed by atoms with Crippen molar-refractivity contribution in [1.29, 1.82) is 0 Å². The Hall–Kier alpha value is -1.55. The van der Waals surface area contributed by atoms with Crippen LogP contribution in [0.5, 0.6) is 5.75 Å². The van der Waals surface area contributed by atoms with Crippen molar-refractivity contribution in [2.24, 2.45) is 0 Å². The summed E-state index contributed by atoms with van der Waals surface area (Å²) in [6.45, 7) is 1.96. The molecule has 98 valence electrons. The molecule has 0 spiro atoms. The average molecular weight is 249 g/mol. The highest BCUT2D eigenvalue weighted by Gasteiger charge is 2.17. The second kappa shape index (κ2) is 5.87. The number of carbonyl (C=O) groups excluding carboxylic acids is 1. The van der Waals surface area contributed by atoms with Crippen LogP contribution in [0.25, 0.3) is 0 Å². The van der Waals surface area contributed by atoms with Gasteiger partial charge in [0, 0.05) is 0 Å². The summed E-state index contributed by atoms with van der Waals surface area (Å²) in [5.74, 6) is -0.141. The zero-order chi connectivity index (χ0) is 13.0. The maximum Gasteiger partial charge on any atom is 0.250 e. The normalized spacial score (nSPS) is 15.8. The van der Waals surface area contributed by atoms with E-state index in [2.05, 4.69) is 5.32 Å². The van der Waals surface area contributed by atoms with E-state index in [-0.39, 0.29) is 24.4 Å². The first-order chi connectivity index (χ1) is 8.65. The van der Waals surface area contributed by atoms with Gasteiger partial charge in [-0.3, -0.25) is 4.79 Å². The first kappa shape index (κ1) is 12.9. The summed E-state index contributed by atoms with van der Waals surface area (Å²) in [5, 5.41) is 12.3. The number of phenols is 1. The van der Waals surface area contributed by atoms with Crippen LogP contribution in [-0.4, -0.2) is 23.7 Å². The van der Waals surface area contributed by atoms with Crippen LogP contribution in [-0.2, 0) is 9.53 Å². The molecular formula is C14H19NO3. The fourth-order valence-electron chi connectivity index (χ4n) is 2.18. The first-order valence-corrected chi connectivity index (χ1v) is 6.36. The number of aryl methyl sites for hydroxylation is 1. The van der Waals surface area contributed by atoms with E-state index >= 15 is 0 Å². The van der Waals surface area contributed by atoms with Crippen LogP contribution in [0, 0.1) is 6.92 Å². The fraction of sp³-hybridized carbons (Fsp3) is 0.500. The summed E-state index contributed by atoms with van der Waals surface area (Å²) in [6, 6.07) is 5.10. The Labute approximate surface area is 107 Å². The first-order valence-electron chi connectivity index (χ1n) is 6.36. The molecule has 1 aliphatic carbocycles. The van der Waals surface area contributed by atoms with Gasteiger partial charge >= 0.3 is 0 Å². The molecule has 0 aliphatic heterocycles. The number of carbonyl (C=O) groups is 1. The Kier molecular flexibility index (Phi) is 4.20. The Bertz CT molecular complexity index is 425. The third kappa shape index (κ3) is 3.47. The van der Waals surface area contributed by atoms with Crippen LogP contribution in [0.4, 0.5) is 5.69 Å². The van der Waals surface area contributed by atoms with E-state index in [1.165, 1.54) is 12.8 Å². The van der Waals surface area contributed by atoms with Gasteiger partial charge in [-0.1, -0.05) is 18.9 Å². The van der Waals surface area contributed by atoms with Crippen LogP contribution in [0.2, 0.25) is 0 Å². The van der Waals surface area contributed by atoms with Gasteiger partial charge in [0.2, 0.25) is 5.91 Å². The Morgan fingerprint density at radius 1 is 1.44 bits per heavy atom. The van der Waals surface area contributed by atoms with Gasteiger partial charge in [-0.05, 0) is 37.5 Å². The third-order valence-corrected chi connectivity index (χ3v) is 3.18. The maximum atomic E-state index is 11.7. The van der Waals surface area contributed by atoms with Gasteiger partial charge in [-0.15, -0.1) is 0 Å². The number of benzene rings is 1. The molecule has 0 bridgehead atoms. The van der Waals surface area contributed by atoms with Crippen molar-refractivity contribution >= 4 is 11.6 Å². The molecule has 18 heavy (non-hydrogen) atoms. The van der Waals surface area contributed by atoms with Crippen LogP contribution >= 0.6 is 0 Å². The molecule has 1 saturated carbocycles. The maximum absolute atomic E-state index is 11.7. The van der Waals surface area contributed by atoms with E-state index < -0.39 is 0 Å². The van der Waals surface area contributed by atoms with Crippen molar-refractivity contribution in [3.63, 3.8) is 0 Å². The van der Waals surface area contributed by atoms with Crippen LogP contribution in [0.1, 0.15) is 31.2 Å². The topological polar surface area (TPSA) is 58.6 Å². The third-order valence-electron chi connectivity index (χ3n) is 3.18. The summed E-state index contributed by atoms with van der Waals surface area (Å²) in [5.41, 5.74) is 1.43. The lowest BCUT2D eigenvalue weighted by molar-refractivity contribution is -0.122. The number of hydrogen-bond acceptors (Lipinski definition) is 3. The average Bonchev–Trinajstić information content (AvgIpc) is 2.84. The Morgan fingerprint density at radius 2 is 2.17 bits per heavy atom. The standard InChI is InChI=1S/C14H19NO3/c1-10-6-7-13(16)12(8-10)15-14(17)9-18-11-4-2-3-5-11/h6-8,11,16H,2-5,9H2,1H3,(H,15,17). The monoisotopic (exact) mass is 249 g/mol. The zero-order valence-corrected chi connectivity index (χ0v) is 10.6. The van der Waals surface area contributed by atoms with Gasteiger partial charge in [0.15, 0.2) is 0 Å². The van der Waals surface area contributed by atoms with Crippen molar-refractivity contribution < 1.29 is 14.6 Å². The molecule has 1 aromatic carbocycles. The second-order valence-electron chi connectivity index (χ2n) is 4.79. The Morgan fingerprint density at radius 3 is 2.89 bits per heavy atom. The molecule has 2 rings (SSSR count). The smallest absolute Gasteiger partial charge is 0.250 e. The lowest BCUT2D eigenvalue weighted by atomic mass is 10.2. The van der Waals surface area contributed by atoms with E-state index in [9.17, 15) is 9.90 Å². The number of nitrogens with one attached hydrogen (secondary N) is 1. The van der Waals surface area contributed by atoms with E-state index in [1.54, 1.807) is 18.2 Å². The molecule has 1 aliphatic rings. The zero-order valence-electron chi connectivity index (χ0n) is 10.6. The summed E-state index contributed by atoms with van der Waals surface area (Å²) >= 11 is 0. The van der Waals surface area contributed by atoms with Gasteiger partial charge in [-0.25, -0.2) is 0 Å². The molecule has 0 atom stereocenters. The summed E-state index contributed by atoms with van der Waals surface area (Å²) in [6.07, 6.45) is 4.68. The van der Waals surface area contributed by atoms with Gasteiger partial charge in [0.05, 0.1) is 11.8 Å². The minimum absolute atomic E-state index is 0.0536. The second-order valence-corrected chi connectivity index (χ2v) is 4.79. The van der Waals surface area contributed by atoms with Crippen molar-refractivity contribution in [1.82, 2.24) is 0 Å². The quantitative estimate of drug-likeness (QED) is 0.806. The van der Waals surface area contributed by atoms with Gasteiger partial charge in [0.1, 0.15) is 12.4 Å². The number of aromatic hydroxyl groups is 1.